The molecule has 0 aliphatic carbocycles. The second kappa shape index (κ2) is 7.72. The van der Waals surface area contributed by atoms with Crippen molar-refractivity contribution in [1.29, 1.82) is 0 Å². The molecular weight excluding hydrogens is 374 g/mol. The lowest BCUT2D eigenvalue weighted by Crippen LogP contribution is -2.22. The van der Waals surface area contributed by atoms with Crippen molar-refractivity contribution < 1.29 is 4.79 Å². The van der Waals surface area contributed by atoms with E-state index in [-0.39, 0.29) is 11.2 Å². The van der Waals surface area contributed by atoms with Gasteiger partial charge in [-0.1, -0.05) is 48.0 Å². The van der Waals surface area contributed by atoms with E-state index in [2.05, 4.69) is 22.2 Å². The fourth-order valence-corrected chi connectivity index (χ4v) is 4.36. The molecule has 7 heteroatoms. The number of hydrogen-bond acceptors (Lipinski definition) is 5. The number of hydrogen-bond donors (Lipinski definition) is 1. The molecular formula is C18H18ClN3OS2. The Balaban J connectivity index is 1.73. The SMILES string of the molecule is CCc1cc2c(Cl)nc(SC(C)C(=O)Nc3ccc(C)cc3)nc2s1. The Morgan fingerprint density at radius 1 is 1.32 bits per heavy atom. The summed E-state index contributed by atoms with van der Waals surface area (Å²) in [4.78, 5) is 23.4. The highest BCUT2D eigenvalue weighted by molar-refractivity contribution is 8.00. The minimum atomic E-state index is -0.333. The molecule has 25 heavy (non-hydrogen) atoms. The van der Waals surface area contributed by atoms with Gasteiger partial charge in [0.1, 0.15) is 9.98 Å². The predicted molar refractivity (Wildman–Crippen MR) is 107 cm³/mol. The molecule has 1 amide bonds. The molecule has 0 saturated heterocycles. The second-order valence-electron chi connectivity index (χ2n) is 5.70. The number of benzene rings is 1. The van der Waals surface area contributed by atoms with Crippen LogP contribution in [0.3, 0.4) is 0 Å². The third-order valence-corrected chi connectivity index (χ3v) is 6.12. The minimum Gasteiger partial charge on any atom is -0.325 e. The van der Waals surface area contributed by atoms with E-state index in [0.29, 0.717) is 10.3 Å². The van der Waals surface area contributed by atoms with E-state index < -0.39 is 0 Å². The summed E-state index contributed by atoms with van der Waals surface area (Å²) >= 11 is 9.21. The zero-order valence-electron chi connectivity index (χ0n) is 14.2. The first-order valence-corrected chi connectivity index (χ1v) is 10.0. The molecule has 2 aromatic heterocycles. The van der Waals surface area contributed by atoms with Gasteiger partial charge in [0.2, 0.25) is 5.91 Å². The molecule has 1 aromatic carbocycles. The van der Waals surface area contributed by atoms with Gasteiger partial charge >= 0.3 is 0 Å². The Kier molecular flexibility index (Phi) is 5.61. The largest absolute Gasteiger partial charge is 0.325 e. The van der Waals surface area contributed by atoms with E-state index in [1.807, 2.05) is 44.2 Å². The first-order valence-electron chi connectivity index (χ1n) is 7.96. The monoisotopic (exact) mass is 391 g/mol. The van der Waals surface area contributed by atoms with Gasteiger partial charge in [-0.15, -0.1) is 11.3 Å². The van der Waals surface area contributed by atoms with Crippen LogP contribution in [0, 0.1) is 6.92 Å². The Morgan fingerprint density at radius 2 is 2.04 bits per heavy atom. The summed E-state index contributed by atoms with van der Waals surface area (Å²) in [7, 11) is 0. The van der Waals surface area contributed by atoms with Crippen molar-refractivity contribution in [3.8, 4) is 0 Å². The first-order chi connectivity index (χ1) is 12.0. The molecule has 0 radical (unpaired) electrons. The first kappa shape index (κ1) is 18.2. The van der Waals surface area contributed by atoms with Gasteiger partial charge < -0.3 is 5.32 Å². The zero-order valence-corrected chi connectivity index (χ0v) is 16.6. The number of fused-ring (bicyclic) bond motifs is 1. The smallest absolute Gasteiger partial charge is 0.237 e. The normalized spacial score (nSPS) is 12.3. The number of amides is 1. The molecule has 0 fully saturated rings. The average molecular weight is 392 g/mol. The number of nitrogens with zero attached hydrogens (tertiary/aromatic N) is 2. The molecule has 0 saturated carbocycles. The van der Waals surface area contributed by atoms with E-state index in [1.165, 1.54) is 16.6 Å². The number of aromatic nitrogens is 2. The highest BCUT2D eigenvalue weighted by atomic mass is 35.5. The Bertz CT molecular complexity index is 909. The Morgan fingerprint density at radius 3 is 2.72 bits per heavy atom. The lowest BCUT2D eigenvalue weighted by molar-refractivity contribution is -0.115. The topological polar surface area (TPSA) is 54.9 Å². The lowest BCUT2D eigenvalue weighted by atomic mass is 10.2. The number of thiophene rings is 1. The molecule has 1 atom stereocenters. The van der Waals surface area contributed by atoms with Gasteiger partial charge in [0.25, 0.3) is 0 Å². The number of aryl methyl sites for hydroxylation is 2. The standard InChI is InChI=1S/C18H18ClN3OS2/c1-4-13-9-14-15(19)21-18(22-17(14)25-13)24-11(3)16(23)20-12-7-5-10(2)6-8-12/h5-9,11H,4H2,1-3H3,(H,20,23). The molecule has 0 aliphatic rings. The van der Waals surface area contributed by atoms with Crippen LogP contribution < -0.4 is 5.32 Å². The van der Waals surface area contributed by atoms with Crippen LogP contribution in [-0.4, -0.2) is 21.1 Å². The summed E-state index contributed by atoms with van der Waals surface area (Å²) in [6.45, 7) is 5.94. The summed E-state index contributed by atoms with van der Waals surface area (Å²) in [5.41, 5.74) is 1.93. The van der Waals surface area contributed by atoms with E-state index in [4.69, 9.17) is 11.6 Å². The van der Waals surface area contributed by atoms with Crippen LogP contribution in [0.25, 0.3) is 10.2 Å². The van der Waals surface area contributed by atoms with Crippen molar-refractivity contribution in [2.24, 2.45) is 0 Å². The van der Waals surface area contributed by atoms with Crippen LogP contribution in [0.1, 0.15) is 24.3 Å². The van der Waals surface area contributed by atoms with Crippen LogP contribution in [0.5, 0.6) is 0 Å². The number of carbonyl (C=O) groups is 1. The van der Waals surface area contributed by atoms with Crippen LogP contribution >= 0.6 is 34.7 Å². The quantitative estimate of drug-likeness (QED) is 0.362. The zero-order chi connectivity index (χ0) is 18.0. The summed E-state index contributed by atoms with van der Waals surface area (Å²) in [6, 6.07) is 9.74. The number of thioether (sulfide) groups is 1. The van der Waals surface area contributed by atoms with E-state index in [1.54, 1.807) is 11.3 Å². The van der Waals surface area contributed by atoms with Crippen LogP contribution in [0.2, 0.25) is 5.15 Å². The molecule has 3 aromatic rings. The molecule has 0 spiro atoms. The molecule has 1 unspecified atom stereocenters. The maximum atomic E-state index is 12.4. The molecule has 4 nitrogen and oxygen atoms in total. The van der Waals surface area contributed by atoms with E-state index in [0.717, 1.165) is 27.9 Å². The number of carbonyl (C=O) groups excluding carboxylic acids is 1. The third kappa shape index (κ3) is 4.32. The molecule has 0 aliphatic heterocycles. The number of rotatable bonds is 5. The number of anilines is 1. The minimum absolute atomic E-state index is 0.0888. The van der Waals surface area contributed by atoms with Gasteiger partial charge in [-0.3, -0.25) is 4.79 Å². The number of halogens is 1. The Hall–Kier alpha value is -1.63. The molecule has 130 valence electrons. The Labute approximate surface area is 160 Å². The lowest BCUT2D eigenvalue weighted by Gasteiger charge is -2.11. The van der Waals surface area contributed by atoms with Gasteiger partial charge in [0, 0.05) is 16.0 Å². The van der Waals surface area contributed by atoms with Crippen molar-refractivity contribution in [3.63, 3.8) is 0 Å². The molecule has 3 rings (SSSR count). The van der Waals surface area contributed by atoms with Crippen molar-refractivity contribution in [2.45, 2.75) is 37.6 Å². The summed E-state index contributed by atoms with van der Waals surface area (Å²) in [5.74, 6) is -0.0888. The predicted octanol–water partition coefficient (Wildman–Crippen LogP) is 5.33. The van der Waals surface area contributed by atoms with Gasteiger partial charge in [-0.05, 0) is 38.5 Å². The van der Waals surface area contributed by atoms with E-state index >= 15 is 0 Å². The summed E-state index contributed by atoms with van der Waals surface area (Å²) in [5, 5.41) is 4.42. The van der Waals surface area contributed by atoms with Crippen molar-refractivity contribution in [2.75, 3.05) is 5.32 Å². The fraction of sp³-hybridized carbons (Fsp3) is 0.278. The van der Waals surface area contributed by atoms with Gasteiger partial charge in [-0.2, -0.15) is 0 Å². The maximum Gasteiger partial charge on any atom is 0.237 e. The molecule has 0 bridgehead atoms. The number of nitrogens with one attached hydrogen (secondary N) is 1. The van der Waals surface area contributed by atoms with Gasteiger partial charge in [0.15, 0.2) is 5.16 Å². The summed E-state index contributed by atoms with van der Waals surface area (Å²) < 4.78 is 0. The van der Waals surface area contributed by atoms with Crippen molar-refractivity contribution >= 4 is 56.5 Å². The third-order valence-electron chi connectivity index (χ3n) is 3.70. The molecule has 1 N–H and O–H groups in total. The van der Waals surface area contributed by atoms with E-state index in [9.17, 15) is 4.79 Å². The summed E-state index contributed by atoms with van der Waals surface area (Å²) in [6.07, 6.45) is 0.940. The second-order valence-corrected chi connectivity index (χ2v) is 8.48. The highest BCUT2D eigenvalue weighted by Gasteiger charge is 2.18. The highest BCUT2D eigenvalue weighted by Crippen LogP contribution is 2.32. The van der Waals surface area contributed by atoms with Crippen LogP contribution in [0.15, 0.2) is 35.5 Å². The maximum absolute atomic E-state index is 12.4. The van der Waals surface area contributed by atoms with Crippen LogP contribution in [0.4, 0.5) is 5.69 Å². The van der Waals surface area contributed by atoms with Crippen molar-refractivity contribution in [1.82, 2.24) is 9.97 Å². The fourth-order valence-electron chi connectivity index (χ4n) is 2.24. The average Bonchev–Trinajstić information content (AvgIpc) is 3.00. The van der Waals surface area contributed by atoms with Crippen LogP contribution in [-0.2, 0) is 11.2 Å². The molecule has 2 heterocycles. The van der Waals surface area contributed by atoms with Gasteiger partial charge in [-0.25, -0.2) is 9.97 Å². The van der Waals surface area contributed by atoms with Crippen molar-refractivity contribution in [3.05, 3.63) is 45.9 Å². The van der Waals surface area contributed by atoms with Gasteiger partial charge in [0.05, 0.1) is 5.25 Å².